The van der Waals surface area contributed by atoms with E-state index in [1.807, 2.05) is 0 Å². The lowest BCUT2D eigenvalue weighted by molar-refractivity contribution is 0.499. The fourth-order valence-corrected chi connectivity index (χ4v) is 9.67. The largest absolute Gasteiger partial charge is 0.313 e. The Morgan fingerprint density at radius 1 is 0.585 bits per heavy atom. The van der Waals surface area contributed by atoms with Gasteiger partial charge in [0.1, 0.15) is 0 Å². The van der Waals surface area contributed by atoms with Crippen LogP contribution in [0.2, 0.25) is 0 Å². The zero-order valence-electron chi connectivity index (χ0n) is 30.6. The van der Waals surface area contributed by atoms with Crippen molar-refractivity contribution in [2.45, 2.75) is 57.8 Å². The van der Waals surface area contributed by atoms with Gasteiger partial charge in [0.05, 0.1) is 11.0 Å². The number of hydrogen-bond acceptors (Lipinski definition) is 0. The second-order valence-electron chi connectivity index (χ2n) is 15.4. The van der Waals surface area contributed by atoms with Crippen LogP contribution >= 0.6 is 0 Å². The predicted molar refractivity (Wildman–Crippen MR) is 226 cm³/mol. The van der Waals surface area contributed by atoms with E-state index in [9.17, 15) is 0 Å². The summed E-state index contributed by atoms with van der Waals surface area (Å²) in [4.78, 5) is 0. The van der Waals surface area contributed by atoms with E-state index in [4.69, 9.17) is 0 Å². The van der Waals surface area contributed by atoms with Gasteiger partial charge in [0.15, 0.2) is 0 Å². The molecule has 5 aromatic carbocycles. The molecule has 0 aliphatic heterocycles. The van der Waals surface area contributed by atoms with Gasteiger partial charge in [-0.15, -0.1) is 0 Å². The van der Waals surface area contributed by atoms with Gasteiger partial charge >= 0.3 is 0 Å². The highest BCUT2D eigenvalue weighted by Crippen LogP contribution is 2.47. The number of para-hydroxylation sites is 1. The van der Waals surface area contributed by atoms with Crippen molar-refractivity contribution in [1.82, 2.24) is 4.57 Å². The molecule has 0 bridgehead atoms. The Bertz CT molecular complexity index is 2590. The maximum atomic E-state index is 2.52. The fourth-order valence-electron chi connectivity index (χ4n) is 9.67. The minimum atomic E-state index is 0.433. The standard InChI is InChI=1S/C52H45N/c1-35-45-19-8-9-20-46(45)49-32-40(23-24-43(49)34-48(35)42-18-12-17-39(31-42)37-15-6-3-7-16-37)41-27-30-52-50(33-41)47-21-10-11-22-51(47)53(52)44-28-25-38(26-29-44)36-13-4-2-5-14-36/h2-4,6-11,13,15-17,19-25,27-28,30-33,35,48H,5,12,14,18,26,29,34H2,1H3/t35-,48?/m0/s1. The molecule has 1 nitrogen and oxygen atoms in total. The highest BCUT2D eigenvalue weighted by molar-refractivity contribution is 6.11. The molecule has 0 radical (unpaired) electrons. The Kier molecular flexibility index (Phi) is 8.09. The van der Waals surface area contributed by atoms with Crippen LogP contribution in [0.15, 0.2) is 175 Å². The van der Waals surface area contributed by atoms with Crippen LogP contribution in [0, 0.1) is 5.92 Å². The monoisotopic (exact) mass is 683 g/mol. The molecule has 0 saturated heterocycles. The van der Waals surface area contributed by atoms with Gasteiger partial charge in [-0.25, -0.2) is 0 Å². The molecule has 53 heavy (non-hydrogen) atoms. The lowest BCUT2D eigenvalue weighted by Gasteiger charge is -2.28. The van der Waals surface area contributed by atoms with Crippen molar-refractivity contribution in [2.75, 3.05) is 0 Å². The number of nitrogens with zero attached hydrogens (tertiary/aromatic N) is 1. The van der Waals surface area contributed by atoms with E-state index in [1.165, 1.54) is 83.2 Å². The highest BCUT2D eigenvalue weighted by atomic mass is 15.0. The summed E-state index contributed by atoms with van der Waals surface area (Å²) in [7, 11) is 0. The van der Waals surface area contributed by atoms with E-state index in [-0.39, 0.29) is 0 Å². The summed E-state index contributed by atoms with van der Waals surface area (Å²) in [5.41, 5.74) is 19.5. The van der Waals surface area contributed by atoms with Gasteiger partial charge in [0.25, 0.3) is 0 Å². The lowest BCUT2D eigenvalue weighted by atomic mass is 9.76. The van der Waals surface area contributed by atoms with Crippen LogP contribution < -0.4 is 0 Å². The number of benzene rings is 5. The summed E-state index contributed by atoms with van der Waals surface area (Å²) >= 11 is 0. The van der Waals surface area contributed by atoms with Crippen LogP contribution in [0.4, 0.5) is 0 Å². The molecule has 4 aliphatic rings. The molecule has 6 aromatic rings. The van der Waals surface area contributed by atoms with Gasteiger partial charge in [-0.2, -0.15) is 0 Å². The van der Waals surface area contributed by atoms with Gasteiger partial charge < -0.3 is 4.57 Å². The van der Waals surface area contributed by atoms with Crippen molar-refractivity contribution in [2.24, 2.45) is 5.92 Å². The Labute approximate surface area is 313 Å². The van der Waals surface area contributed by atoms with Crippen molar-refractivity contribution in [3.63, 3.8) is 0 Å². The van der Waals surface area contributed by atoms with Crippen LogP contribution in [0.1, 0.15) is 68.1 Å². The van der Waals surface area contributed by atoms with Gasteiger partial charge in [-0.05, 0) is 143 Å². The van der Waals surface area contributed by atoms with Crippen molar-refractivity contribution < 1.29 is 0 Å². The molecule has 10 rings (SSSR count). The first-order chi connectivity index (χ1) is 26.2. The molecule has 1 unspecified atom stereocenters. The van der Waals surface area contributed by atoms with Crippen LogP contribution in [-0.4, -0.2) is 4.57 Å². The van der Waals surface area contributed by atoms with Gasteiger partial charge in [0, 0.05) is 16.5 Å². The number of allylic oxidation sites excluding steroid dienone is 12. The molecule has 0 N–H and O–H groups in total. The number of aromatic nitrogens is 1. The summed E-state index contributed by atoms with van der Waals surface area (Å²) in [5.74, 6) is 0.900. The van der Waals surface area contributed by atoms with E-state index in [0.717, 1.165) is 44.9 Å². The van der Waals surface area contributed by atoms with E-state index in [1.54, 1.807) is 5.57 Å². The summed E-state index contributed by atoms with van der Waals surface area (Å²) in [6, 6.07) is 43.5. The number of rotatable bonds is 5. The Hall–Kier alpha value is -5.66. The first-order valence-electron chi connectivity index (χ1n) is 19.7. The minimum absolute atomic E-state index is 0.433. The van der Waals surface area contributed by atoms with Gasteiger partial charge in [0.2, 0.25) is 0 Å². The zero-order valence-corrected chi connectivity index (χ0v) is 30.6. The van der Waals surface area contributed by atoms with Crippen molar-refractivity contribution in [3.8, 4) is 22.3 Å². The zero-order chi connectivity index (χ0) is 35.3. The molecule has 0 fully saturated rings. The third-order valence-corrected chi connectivity index (χ3v) is 12.5. The molecule has 0 amide bonds. The first kappa shape index (κ1) is 32.0. The number of hydrogen-bond donors (Lipinski definition) is 0. The molecule has 1 heterocycles. The predicted octanol–water partition coefficient (Wildman–Crippen LogP) is 14.0. The Morgan fingerprint density at radius 3 is 2.25 bits per heavy atom. The van der Waals surface area contributed by atoms with Crippen LogP contribution in [0.25, 0.3) is 55.3 Å². The Morgan fingerprint density at radius 2 is 1.38 bits per heavy atom. The third kappa shape index (κ3) is 5.71. The van der Waals surface area contributed by atoms with Crippen molar-refractivity contribution in [3.05, 3.63) is 191 Å². The second kappa shape index (κ2) is 13.4. The average Bonchev–Trinajstić information content (AvgIpc) is 3.50. The normalized spacial score (nSPS) is 19.8. The molecule has 1 heteroatoms. The van der Waals surface area contributed by atoms with E-state index in [2.05, 4.69) is 169 Å². The molecule has 258 valence electrons. The van der Waals surface area contributed by atoms with E-state index < -0.39 is 0 Å². The molecular formula is C52H45N. The fraction of sp³-hybridized carbons (Fsp3) is 0.192. The maximum Gasteiger partial charge on any atom is 0.0538 e. The minimum Gasteiger partial charge on any atom is -0.313 e. The van der Waals surface area contributed by atoms with Crippen LogP contribution in [0.3, 0.4) is 0 Å². The molecule has 2 atom stereocenters. The highest BCUT2D eigenvalue weighted by Gasteiger charge is 2.31. The van der Waals surface area contributed by atoms with Gasteiger partial charge in [-0.3, -0.25) is 0 Å². The molecular weight excluding hydrogens is 639 g/mol. The summed E-state index contributed by atoms with van der Waals surface area (Å²) < 4.78 is 2.52. The second-order valence-corrected chi connectivity index (χ2v) is 15.4. The van der Waals surface area contributed by atoms with Crippen LogP contribution in [0.5, 0.6) is 0 Å². The molecule has 0 saturated carbocycles. The van der Waals surface area contributed by atoms with Crippen molar-refractivity contribution >= 4 is 33.1 Å². The molecule has 0 spiro atoms. The number of fused-ring (bicyclic) bond motifs is 6. The molecule has 1 aromatic heterocycles. The Balaban J connectivity index is 1.04. The van der Waals surface area contributed by atoms with Crippen LogP contribution in [-0.2, 0) is 6.42 Å². The summed E-state index contributed by atoms with van der Waals surface area (Å²) in [6.45, 7) is 2.46. The van der Waals surface area contributed by atoms with Crippen molar-refractivity contribution in [1.29, 1.82) is 0 Å². The topological polar surface area (TPSA) is 4.93 Å². The molecule has 4 aliphatic carbocycles. The average molecular weight is 684 g/mol. The quantitative estimate of drug-likeness (QED) is 0.170. The van der Waals surface area contributed by atoms with E-state index in [0.29, 0.717) is 11.8 Å². The van der Waals surface area contributed by atoms with E-state index >= 15 is 0 Å². The maximum absolute atomic E-state index is 2.52. The summed E-state index contributed by atoms with van der Waals surface area (Å²) in [5, 5.41) is 2.64. The summed E-state index contributed by atoms with van der Waals surface area (Å²) in [6.07, 6.45) is 24.2. The van der Waals surface area contributed by atoms with Gasteiger partial charge in [-0.1, -0.05) is 140 Å². The smallest absolute Gasteiger partial charge is 0.0538 e. The first-order valence-corrected chi connectivity index (χ1v) is 19.7. The third-order valence-electron chi connectivity index (χ3n) is 12.5. The SMILES string of the molecule is C[C@H]1c2ccccc2-c2cc(-c3ccc4c(c3)c3ccccc3n4C3=CC=C(C4=CC=CCC4)CC3)ccc2CC1C1=CC(c2ccccc2)=CCC1. The lowest BCUT2D eigenvalue weighted by Crippen LogP contribution is -2.16.